The van der Waals surface area contributed by atoms with Crippen molar-refractivity contribution in [2.24, 2.45) is 0 Å². The van der Waals surface area contributed by atoms with Crippen molar-refractivity contribution < 1.29 is 22.8 Å². The van der Waals surface area contributed by atoms with Crippen LogP contribution in [-0.4, -0.2) is 53.2 Å². The van der Waals surface area contributed by atoms with E-state index in [1.165, 1.54) is 25.2 Å². The first-order valence-corrected chi connectivity index (χ1v) is 15.9. The number of aromatic nitrogens is 2. The van der Waals surface area contributed by atoms with Crippen LogP contribution in [0.1, 0.15) is 24.5 Å². The fraction of sp³-hybridized carbons (Fsp3) is 0.235. The molecule has 10 nitrogen and oxygen atoms in total. The summed E-state index contributed by atoms with van der Waals surface area (Å²) < 4.78 is 45.8. The number of nitrogens with zero attached hydrogens (tertiary/aromatic N) is 3. The van der Waals surface area contributed by atoms with E-state index in [1.807, 2.05) is 4.90 Å². The Labute approximate surface area is 277 Å². The van der Waals surface area contributed by atoms with Crippen LogP contribution in [0.25, 0.3) is 26.3 Å². The second-order valence-corrected chi connectivity index (χ2v) is 12.0. The normalized spacial score (nSPS) is 11.2. The number of carbonyl (C=O) groups excluding carboxylic acids is 2. The summed E-state index contributed by atoms with van der Waals surface area (Å²) in [5, 5.41) is 8.10. The molecule has 0 atom stereocenters. The summed E-state index contributed by atoms with van der Waals surface area (Å²) in [7, 11) is 3.31. The molecule has 2 aromatic heterocycles. The lowest BCUT2D eigenvalue weighted by Gasteiger charge is -2.18. The number of hydrogen-bond acceptors (Lipinski definition) is 6. The molecule has 0 unspecified atom stereocenters. The summed E-state index contributed by atoms with van der Waals surface area (Å²) in [5.74, 6) is -2.48. The molecule has 3 N–H and O–H groups in total. The lowest BCUT2D eigenvalue weighted by Crippen LogP contribution is -2.39. The van der Waals surface area contributed by atoms with Crippen molar-refractivity contribution in [2.45, 2.75) is 26.4 Å². The number of urea groups is 1. The van der Waals surface area contributed by atoms with Gasteiger partial charge in [-0.05, 0) is 73.6 Å². The largest absolute Gasteiger partial charge is 0.359 e. The SMILES string of the molecule is CCNC(=O)Nc1ccc(-c2sc3c(c2CN(C)CCC(=O)NC)c(=O)n(-c2ccc(F)cc2)c(=O)n3Cc2c(F)cccc2F)cc1. The van der Waals surface area contributed by atoms with Crippen molar-refractivity contribution in [1.29, 1.82) is 0 Å². The van der Waals surface area contributed by atoms with Gasteiger partial charge < -0.3 is 20.9 Å². The smallest absolute Gasteiger partial charge is 0.337 e. The molecule has 14 heteroatoms. The van der Waals surface area contributed by atoms with Crippen LogP contribution in [0.15, 0.2) is 76.3 Å². The number of thiophene rings is 1. The second-order valence-electron chi connectivity index (χ2n) is 11.0. The maximum atomic E-state index is 15.0. The molecule has 3 amide bonds. The molecule has 0 aliphatic rings. The number of carbonyl (C=O) groups is 2. The maximum Gasteiger partial charge on any atom is 0.337 e. The van der Waals surface area contributed by atoms with Crippen molar-refractivity contribution in [1.82, 2.24) is 24.7 Å². The van der Waals surface area contributed by atoms with Crippen molar-refractivity contribution in [2.75, 3.05) is 32.5 Å². The molecule has 0 aliphatic carbocycles. The van der Waals surface area contributed by atoms with Gasteiger partial charge in [-0.3, -0.25) is 14.2 Å². The zero-order valence-electron chi connectivity index (χ0n) is 26.4. The van der Waals surface area contributed by atoms with Crippen LogP contribution in [-0.2, 0) is 17.9 Å². The topological polar surface area (TPSA) is 117 Å². The van der Waals surface area contributed by atoms with Crippen molar-refractivity contribution in [3.05, 3.63) is 116 Å². The number of amides is 3. The Morgan fingerprint density at radius 1 is 0.917 bits per heavy atom. The van der Waals surface area contributed by atoms with Gasteiger partial charge in [0.2, 0.25) is 5.91 Å². The quantitative estimate of drug-likeness (QED) is 0.181. The van der Waals surface area contributed by atoms with Gasteiger partial charge in [-0.2, -0.15) is 0 Å². The van der Waals surface area contributed by atoms with Crippen LogP contribution in [0.5, 0.6) is 0 Å². The first-order valence-electron chi connectivity index (χ1n) is 15.1. The van der Waals surface area contributed by atoms with Gasteiger partial charge in [-0.25, -0.2) is 27.3 Å². The highest BCUT2D eigenvalue weighted by molar-refractivity contribution is 7.22. The van der Waals surface area contributed by atoms with Crippen LogP contribution in [0, 0.1) is 17.5 Å². The number of nitrogens with one attached hydrogen (secondary N) is 3. The first kappa shape index (κ1) is 34.1. The molecule has 0 saturated carbocycles. The molecule has 0 radical (unpaired) electrons. The highest BCUT2D eigenvalue weighted by Crippen LogP contribution is 2.38. The highest BCUT2D eigenvalue weighted by Gasteiger charge is 2.26. The average Bonchev–Trinajstić information content (AvgIpc) is 3.43. The van der Waals surface area contributed by atoms with E-state index < -0.39 is 35.2 Å². The number of fused-ring (bicyclic) bond motifs is 1. The Bertz CT molecular complexity index is 2070. The third-order valence-electron chi connectivity index (χ3n) is 7.71. The van der Waals surface area contributed by atoms with Gasteiger partial charge in [0, 0.05) is 49.2 Å². The van der Waals surface area contributed by atoms with Gasteiger partial charge in [-0.1, -0.05) is 18.2 Å². The summed E-state index contributed by atoms with van der Waals surface area (Å²) in [6, 6.07) is 14.6. The number of rotatable bonds is 11. The van der Waals surface area contributed by atoms with E-state index in [2.05, 4.69) is 16.0 Å². The maximum absolute atomic E-state index is 15.0. The van der Waals surface area contributed by atoms with Crippen molar-refractivity contribution >= 4 is 39.2 Å². The number of hydrogen-bond donors (Lipinski definition) is 3. The molecule has 0 aliphatic heterocycles. The zero-order valence-corrected chi connectivity index (χ0v) is 27.2. The van der Waals surface area contributed by atoms with Crippen LogP contribution in [0.4, 0.5) is 23.7 Å². The monoisotopic (exact) mass is 678 g/mol. The average molecular weight is 679 g/mol. The van der Waals surface area contributed by atoms with E-state index in [0.717, 1.165) is 44.7 Å². The molecule has 5 aromatic rings. The van der Waals surface area contributed by atoms with Crippen LogP contribution in [0.2, 0.25) is 0 Å². The molecule has 48 heavy (non-hydrogen) atoms. The van der Waals surface area contributed by atoms with Gasteiger partial charge in [0.15, 0.2) is 0 Å². The Balaban J connectivity index is 1.77. The molecule has 0 bridgehead atoms. The van der Waals surface area contributed by atoms with E-state index in [0.29, 0.717) is 34.8 Å². The zero-order chi connectivity index (χ0) is 34.5. The van der Waals surface area contributed by atoms with E-state index in [9.17, 15) is 32.3 Å². The molecule has 0 fully saturated rings. The van der Waals surface area contributed by atoms with E-state index in [1.54, 1.807) is 38.2 Å². The summed E-state index contributed by atoms with van der Waals surface area (Å²) in [6.07, 6.45) is 0.182. The van der Waals surface area contributed by atoms with Gasteiger partial charge in [0.25, 0.3) is 5.56 Å². The molecule has 0 spiro atoms. The minimum Gasteiger partial charge on any atom is -0.359 e. The Hall–Kier alpha value is -5.21. The van der Waals surface area contributed by atoms with Crippen LogP contribution >= 0.6 is 11.3 Å². The van der Waals surface area contributed by atoms with Crippen LogP contribution in [0.3, 0.4) is 0 Å². The third-order valence-corrected chi connectivity index (χ3v) is 9.01. The predicted molar refractivity (Wildman–Crippen MR) is 180 cm³/mol. The molecule has 250 valence electrons. The molecule has 2 heterocycles. The fourth-order valence-electron chi connectivity index (χ4n) is 5.26. The second kappa shape index (κ2) is 14.7. The van der Waals surface area contributed by atoms with E-state index in [-0.39, 0.29) is 46.4 Å². The van der Waals surface area contributed by atoms with Crippen molar-refractivity contribution in [3.8, 4) is 16.1 Å². The Morgan fingerprint density at radius 3 is 2.21 bits per heavy atom. The standard InChI is InChI=1S/C34H33F3N6O4S/c1-4-39-33(46)40-22-12-8-20(9-13-22)30-25(18-41(3)17-16-28(44)38-2)29-31(45)43(23-14-10-21(35)11-15-23)34(47)42(32(29)48-30)19-24-26(36)6-5-7-27(24)37/h5-15H,4,16-19H2,1-3H3,(H,38,44)(H2,39,40,46). The minimum atomic E-state index is -0.865. The van der Waals surface area contributed by atoms with Gasteiger partial charge in [-0.15, -0.1) is 11.3 Å². The molecular weight excluding hydrogens is 645 g/mol. The molecule has 3 aromatic carbocycles. The predicted octanol–water partition coefficient (Wildman–Crippen LogP) is 5.06. The summed E-state index contributed by atoms with van der Waals surface area (Å²) in [5.41, 5.74) is -0.179. The number of halogens is 3. The fourth-order valence-corrected chi connectivity index (χ4v) is 6.56. The summed E-state index contributed by atoms with van der Waals surface area (Å²) in [6.45, 7) is 2.20. The molecule has 0 saturated heterocycles. The summed E-state index contributed by atoms with van der Waals surface area (Å²) >= 11 is 1.11. The van der Waals surface area contributed by atoms with E-state index in [4.69, 9.17) is 0 Å². The molecule has 5 rings (SSSR count). The Morgan fingerprint density at radius 2 is 1.58 bits per heavy atom. The highest BCUT2D eigenvalue weighted by atomic mass is 32.1. The first-order chi connectivity index (χ1) is 23.0. The lowest BCUT2D eigenvalue weighted by molar-refractivity contribution is -0.120. The van der Waals surface area contributed by atoms with Gasteiger partial charge >= 0.3 is 11.7 Å². The lowest BCUT2D eigenvalue weighted by atomic mass is 10.1. The third kappa shape index (κ3) is 7.19. The Kier molecular flexibility index (Phi) is 10.4. The van der Waals surface area contributed by atoms with Crippen molar-refractivity contribution in [3.63, 3.8) is 0 Å². The number of anilines is 1. The van der Waals surface area contributed by atoms with Crippen LogP contribution < -0.4 is 27.2 Å². The number of benzene rings is 3. The van der Waals surface area contributed by atoms with E-state index >= 15 is 0 Å². The van der Waals surface area contributed by atoms with Gasteiger partial charge in [0.1, 0.15) is 22.3 Å². The molecular formula is C34H33F3N6O4S. The summed E-state index contributed by atoms with van der Waals surface area (Å²) in [4.78, 5) is 55.1. The minimum absolute atomic E-state index is 0.0727. The van der Waals surface area contributed by atoms with Gasteiger partial charge in [0.05, 0.1) is 17.6 Å².